The number of carboxylic acid groups (broad SMARTS) is 1. The first-order chi connectivity index (χ1) is 13.0. The van der Waals surface area contributed by atoms with Crippen LogP contribution in [0.4, 0.5) is 0 Å². The van der Waals surface area contributed by atoms with E-state index in [1.165, 1.54) is 12.1 Å². The Morgan fingerprint density at radius 1 is 0.963 bits per heavy atom. The zero-order valence-electron chi connectivity index (χ0n) is 14.4. The number of hydrogen-bond acceptors (Lipinski definition) is 5. The fourth-order valence-electron chi connectivity index (χ4n) is 2.94. The molecule has 0 bridgehead atoms. The second-order valence-corrected chi connectivity index (χ2v) is 6.28. The monoisotopic (exact) mass is 369 g/mol. The molecule has 2 N–H and O–H groups in total. The quantitative estimate of drug-likeness (QED) is 0.685. The lowest BCUT2D eigenvalue weighted by atomic mass is 10.0. The number of aliphatic carboxylic acids is 1. The summed E-state index contributed by atoms with van der Waals surface area (Å²) in [5, 5.41) is 19.7. The molecule has 7 heteroatoms. The third kappa shape index (κ3) is 4.05. The van der Waals surface area contributed by atoms with Crippen molar-refractivity contribution in [3.63, 3.8) is 0 Å². The summed E-state index contributed by atoms with van der Waals surface area (Å²) in [7, 11) is 0. The van der Waals surface area contributed by atoms with E-state index < -0.39 is 36.4 Å². The average Bonchev–Trinajstić information content (AvgIpc) is 2.91. The molecule has 2 atom stereocenters. The van der Waals surface area contributed by atoms with Crippen molar-refractivity contribution >= 4 is 17.8 Å². The van der Waals surface area contributed by atoms with Gasteiger partial charge in [0, 0.05) is 0 Å². The van der Waals surface area contributed by atoms with Gasteiger partial charge in [0.1, 0.15) is 5.92 Å². The molecule has 1 aliphatic rings. The van der Waals surface area contributed by atoms with Crippen LogP contribution >= 0.6 is 0 Å². The van der Waals surface area contributed by atoms with Crippen LogP contribution in [0.5, 0.6) is 0 Å². The number of benzene rings is 2. The summed E-state index contributed by atoms with van der Waals surface area (Å²) in [5.41, 5.74) is 1.38. The van der Waals surface area contributed by atoms with E-state index in [4.69, 9.17) is 4.74 Å². The number of amides is 2. The number of β-amino-alcohol motifs (C(OH)–C–C–N with tert-alkyl or cyclic N) is 1. The van der Waals surface area contributed by atoms with Gasteiger partial charge in [-0.05, 0) is 17.7 Å². The largest absolute Gasteiger partial charge is 0.481 e. The van der Waals surface area contributed by atoms with Crippen LogP contribution in [0.15, 0.2) is 54.6 Å². The highest BCUT2D eigenvalue weighted by Crippen LogP contribution is 2.23. The van der Waals surface area contributed by atoms with Crippen LogP contribution in [0.3, 0.4) is 0 Å². The molecule has 27 heavy (non-hydrogen) atoms. The molecule has 2 aromatic rings. The number of rotatable bonds is 8. The Hall–Kier alpha value is -3.03. The molecule has 2 amide bonds. The third-order valence-corrected chi connectivity index (χ3v) is 4.44. The van der Waals surface area contributed by atoms with Crippen molar-refractivity contribution in [1.29, 1.82) is 0 Å². The summed E-state index contributed by atoms with van der Waals surface area (Å²) >= 11 is 0. The highest BCUT2D eigenvalue weighted by molar-refractivity contribution is 6.21. The summed E-state index contributed by atoms with van der Waals surface area (Å²) in [5.74, 6) is -3.60. The molecule has 3 rings (SSSR count). The van der Waals surface area contributed by atoms with Gasteiger partial charge in [0.25, 0.3) is 11.8 Å². The summed E-state index contributed by atoms with van der Waals surface area (Å²) in [6, 6.07) is 15.5. The second-order valence-electron chi connectivity index (χ2n) is 6.28. The fraction of sp³-hybridized carbons (Fsp3) is 0.250. The second kappa shape index (κ2) is 8.11. The molecule has 0 aromatic heterocycles. The first-order valence-corrected chi connectivity index (χ1v) is 8.47. The fourth-order valence-corrected chi connectivity index (χ4v) is 2.94. The molecule has 0 aliphatic carbocycles. The molecule has 0 fully saturated rings. The van der Waals surface area contributed by atoms with Gasteiger partial charge in [-0.3, -0.25) is 19.3 Å². The van der Waals surface area contributed by atoms with Gasteiger partial charge in [-0.1, -0.05) is 42.5 Å². The Morgan fingerprint density at radius 3 is 2.07 bits per heavy atom. The van der Waals surface area contributed by atoms with Gasteiger partial charge in [-0.25, -0.2) is 0 Å². The summed E-state index contributed by atoms with van der Waals surface area (Å²) in [6.45, 7) is -0.447. The van der Waals surface area contributed by atoms with Gasteiger partial charge < -0.3 is 14.9 Å². The van der Waals surface area contributed by atoms with Crippen LogP contribution in [0.1, 0.15) is 26.3 Å². The van der Waals surface area contributed by atoms with Crippen molar-refractivity contribution in [2.45, 2.75) is 12.7 Å². The van der Waals surface area contributed by atoms with Crippen molar-refractivity contribution in [3.05, 3.63) is 71.3 Å². The average molecular weight is 369 g/mol. The first kappa shape index (κ1) is 18.8. The van der Waals surface area contributed by atoms with E-state index in [2.05, 4.69) is 0 Å². The lowest BCUT2D eigenvalue weighted by molar-refractivity contribution is -0.149. The minimum absolute atomic E-state index is 0.199. The normalized spacial score (nSPS) is 15.5. The number of nitrogens with zero attached hydrogens (tertiary/aromatic N) is 1. The van der Waals surface area contributed by atoms with Crippen molar-refractivity contribution in [2.75, 3.05) is 13.2 Å². The van der Waals surface area contributed by atoms with Gasteiger partial charge in [-0.2, -0.15) is 0 Å². The number of carbonyl (C=O) groups excluding carboxylic acids is 2. The Labute approximate surface area is 155 Å². The van der Waals surface area contributed by atoms with E-state index in [-0.39, 0.29) is 24.3 Å². The predicted octanol–water partition coefficient (Wildman–Crippen LogP) is 1.56. The number of imide groups is 1. The number of hydrogen-bond donors (Lipinski definition) is 2. The van der Waals surface area contributed by atoms with E-state index >= 15 is 0 Å². The van der Waals surface area contributed by atoms with Crippen LogP contribution in [-0.2, 0) is 16.1 Å². The molecule has 0 radical (unpaired) electrons. The minimum atomic E-state index is -1.44. The Balaban J connectivity index is 1.62. The van der Waals surface area contributed by atoms with E-state index in [1.807, 2.05) is 30.3 Å². The lowest BCUT2D eigenvalue weighted by Crippen LogP contribution is -2.43. The van der Waals surface area contributed by atoms with E-state index in [0.717, 1.165) is 10.5 Å². The summed E-state index contributed by atoms with van der Waals surface area (Å²) in [4.78, 5) is 37.1. The maximum Gasteiger partial charge on any atom is 0.311 e. The van der Waals surface area contributed by atoms with Crippen LogP contribution in [0.25, 0.3) is 0 Å². The predicted molar refractivity (Wildman–Crippen MR) is 95.0 cm³/mol. The van der Waals surface area contributed by atoms with Gasteiger partial charge in [0.2, 0.25) is 0 Å². The van der Waals surface area contributed by atoms with Crippen LogP contribution < -0.4 is 0 Å². The number of carboxylic acids is 1. The molecule has 1 heterocycles. The van der Waals surface area contributed by atoms with Gasteiger partial charge >= 0.3 is 5.97 Å². The van der Waals surface area contributed by atoms with Gasteiger partial charge in [0.15, 0.2) is 0 Å². The molecule has 2 unspecified atom stereocenters. The SMILES string of the molecule is O=C(O)C(COCc1ccccc1)C(O)CN1C(=O)c2ccccc2C1=O. The Bertz CT molecular complexity index is 816. The van der Waals surface area contributed by atoms with Crippen molar-refractivity contribution in [2.24, 2.45) is 5.92 Å². The topological polar surface area (TPSA) is 104 Å². The Morgan fingerprint density at radius 2 is 1.52 bits per heavy atom. The lowest BCUT2D eigenvalue weighted by Gasteiger charge is -2.23. The zero-order chi connectivity index (χ0) is 19.4. The summed E-state index contributed by atoms with van der Waals surface area (Å²) in [6.07, 6.45) is -1.44. The van der Waals surface area contributed by atoms with E-state index in [9.17, 15) is 24.6 Å². The molecular formula is C20H19NO6. The van der Waals surface area contributed by atoms with Crippen molar-refractivity contribution in [1.82, 2.24) is 4.90 Å². The van der Waals surface area contributed by atoms with Gasteiger partial charge in [-0.15, -0.1) is 0 Å². The molecule has 0 saturated heterocycles. The molecule has 2 aromatic carbocycles. The van der Waals surface area contributed by atoms with Crippen LogP contribution in [0.2, 0.25) is 0 Å². The highest BCUT2D eigenvalue weighted by atomic mass is 16.5. The van der Waals surface area contributed by atoms with E-state index in [1.54, 1.807) is 12.1 Å². The molecule has 140 valence electrons. The number of aliphatic hydroxyl groups excluding tert-OH is 1. The highest BCUT2D eigenvalue weighted by Gasteiger charge is 2.38. The number of carbonyl (C=O) groups is 3. The molecule has 1 aliphatic heterocycles. The molecular weight excluding hydrogens is 350 g/mol. The number of aliphatic hydroxyl groups is 1. The number of ether oxygens (including phenoxy) is 1. The molecule has 0 saturated carbocycles. The van der Waals surface area contributed by atoms with Crippen molar-refractivity contribution in [3.8, 4) is 0 Å². The maximum absolute atomic E-state index is 12.3. The standard InChI is InChI=1S/C20H19NO6/c22-17(10-21-18(23)14-8-4-5-9-15(14)19(21)24)16(20(25)26)12-27-11-13-6-2-1-3-7-13/h1-9,16-17,22H,10-12H2,(H,25,26). The Kier molecular flexibility index (Phi) is 5.63. The third-order valence-electron chi connectivity index (χ3n) is 4.44. The van der Waals surface area contributed by atoms with Gasteiger partial charge in [0.05, 0.1) is 37.0 Å². The summed E-state index contributed by atoms with van der Waals surface area (Å²) < 4.78 is 5.42. The van der Waals surface area contributed by atoms with Crippen LogP contribution in [0, 0.1) is 5.92 Å². The van der Waals surface area contributed by atoms with Crippen molar-refractivity contribution < 1.29 is 29.3 Å². The molecule has 0 spiro atoms. The maximum atomic E-state index is 12.3. The number of fused-ring (bicyclic) bond motifs is 1. The molecule has 7 nitrogen and oxygen atoms in total. The zero-order valence-corrected chi connectivity index (χ0v) is 14.4. The van der Waals surface area contributed by atoms with E-state index in [0.29, 0.717) is 0 Å². The minimum Gasteiger partial charge on any atom is -0.481 e. The first-order valence-electron chi connectivity index (χ1n) is 8.47. The van der Waals surface area contributed by atoms with Crippen LogP contribution in [-0.4, -0.2) is 52.2 Å². The smallest absolute Gasteiger partial charge is 0.311 e.